The number of halogens is 1. The second-order valence-electron chi connectivity index (χ2n) is 8.86. The van der Waals surface area contributed by atoms with Crippen LogP contribution >= 0.6 is 0 Å². The Labute approximate surface area is 199 Å². The van der Waals surface area contributed by atoms with E-state index in [1.54, 1.807) is 48.3 Å². The molecule has 2 N–H and O–H groups in total. The lowest BCUT2D eigenvalue weighted by Crippen LogP contribution is -2.43. The van der Waals surface area contributed by atoms with Crippen LogP contribution in [0.1, 0.15) is 46.3 Å². The first-order valence-corrected chi connectivity index (χ1v) is 11.6. The number of alkyl halides is 1. The molecule has 8 heteroatoms. The number of rotatable bonds is 4. The fourth-order valence-electron chi connectivity index (χ4n) is 4.39. The number of anilines is 1. The first kappa shape index (κ1) is 23.7. The van der Waals surface area contributed by atoms with Crippen LogP contribution in [0.15, 0.2) is 42.5 Å². The minimum Gasteiger partial charge on any atom is -0.379 e. The van der Waals surface area contributed by atoms with E-state index >= 15 is 4.39 Å². The topological polar surface area (TPSA) is 75.0 Å². The number of amides is 3. The Morgan fingerprint density at radius 1 is 1.18 bits per heavy atom. The van der Waals surface area contributed by atoms with Crippen LogP contribution in [0.25, 0.3) is 4.85 Å². The van der Waals surface area contributed by atoms with Gasteiger partial charge in [0.05, 0.1) is 12.6 Å². The second kappa shape index (κ2) is 10.2. The number of nitrogens with zero attached hydrogens (tertiary/aromatic N) is 2. The molecule has 2 fully saturated rings. The second-order valence-corrected chi connectivity index (χ2v) is 8.86. The van der Waals surface area contributed by atoms with Gasteiger partial charge in [-0.15, -0.1) is 0 Å². The van der Waals surface area contributed by atoms with E-state index in [1.807, 2.05) is 13.0 Å². The first-order valence-electron chi connectivity index (χ1n) is 11.6. The van der Waals surface area contributed by atoms with Crippen molar-refractivity contribution in [2.45, 2.75) is 37.9 Å². The molecule has 34 heavy (non-hydrogen) atoms. The summed E-state index contributed by atoms with van der Waals surface area (Å²) in [5.74, 6) is -0.168. The zero-order valence-electron chi connectivity index (χ0n) is 19.6. The van der Waals surface area contributed by atoms with Crippen LogP contribution in [-0.4, -0.2) is 56.2 Å². The molecule has 0 aromatic heterocycles. The summed E-state index contributed by atoms with van der Waals surface area (Å²) < 4.78 is 20.9. The van der Waals surface area contributed by atoms with Crippen LogP contribution < -0.4 is 10.6 Å². The van der Waals surface area contributed by atoms with Gasteiger partial charge < -0.3 is 20.3 Å². The van der Waals surface area contributed by atoms with Crippen LogP contribution in [-0.2, 0) is 10.4 Å². The molecule has 2 aliphatic rings. The number of hydrogen-bond acceptors (Lipinski definition) is 3. The molecule has 2 aromatic rings. The number of carbonyl (C=O) groups excluding carboxylic acids is 2. The maximum Gasteiger partial charge on any atom is 0.319 e. The van der Waals surface area contributed by atoms with Crippen molar-refractivity contribution in [2.24, 2.45) is 0 Å². The van der Waals surface area contributed by atoms with Gasteiger partial charge in [0.2, 0.25) is 0 Å². The molecule has 0 aliphatic carbocycles. The zero-order valence-corrected chi connectivity index (χ0v) is 19.6. The summed E-state index contributed by atoms with van der Waals surface area (Å²) in [5.41, 5.74) is 1.84. The molecule has 2 aromatic carbocycles. The van der Waals surface area contributed by atoms with Gasteiger partial charge in [-0.2, -0.15) is 0 Å². The van der Waals surface area contributed by atoms with Gasteiger partial charge in [-0.05, 0) is 48.7 Å². The highest BCUT2D eigenvalue weighted by Gasteiger charge is 2.37. The number of nitrogens with one attached hydrogen (secondary N) is 2. The molecule has 4 rings (SSSR count). The summed E-state index contributed by atoms with van der Waals surface area (Å²) in [6, 6.07) is 14.9. The molecular weight excluding hydrogens is 435 g/mol. The Hall–Kier alpha value is -3.44. The van der Waals surface area contributed by atoms with E-state index in [0.29, 0.717) is 43.1 Å². The molecule has 178 valence electrons. The Morgan fingerprint density at radius 3 is 2.56 bits per heavy atom. The molecule has 1 atom stereocenters. The zero-order chi connectivity index (χ0) is 24.1. The van der Waals surface area contributed by atoms with Gasteiger partial charge in [-0.25, -0.2) is 9.18 Å². The third-order valence-electron chi connectivity index (χ3n) is 6.48. The Morgan fingerprint density at radius 2 is 1.91 bits per heavy atom. The number of aryl methyl sites for hydroxylation is 1. The molecule has 0 spiro atoms. The number of benzene rings is 2. The molecule has 2 saturated heterocycles. The van der Waals surface area contributed by atoms with Crippen LogP contribution in [0.4, 0.5) is 14.9 Å². The molecular formula is C26H30FN4O3+. The number of ether oxygens (including phenoxy) is 1. The largest absolute Gasteiger partial charge is 0.379 e. The summed E-state index contributed by atoms with van der Waals surface area (Å²) in [5, 5.41) is 5.72. The third kappa shape index (κ3) is 5.37. The van der Waals surface area contributed by atoms with E-state index in [-0.39, 0.29) is 30.8 Å². The fraction of sp³-hybridized carbons (Fsp3) is 0.423. The minimum atomic E-state index is -1.47. The van der Waals surface area contributed by atoms with E-state index in [0.717, 1.165) is 17.5 Å². The number of likely N-dealkylation sites (tertiary alicyclic amines) is 1. The molecule has 0 saturated carbocycles. The lowest BCUT2D eigenvalue weighted by atomic mass is 9.85. The SMILES string of the molecule is C[N+]#Cc1ccc(C2(F)CCN(C(=O)c3ccc(C)c(NC(=O)N[C@@H]4CCOC4)c3)CC2)cc1. The van der Waals surface area contributed by atoms with Gasteiger partial charge >= 0.3 is 12.1 Å². The van der Waals surface area contributed by atoms with Crippen LogP contribution in [0.5, 0.6) is 0 Å². The third-order valence-corrected chi connectivity index (χ3v) is 6.48. The van der Waals surface area contributed by atoms with Gasteiger partial charge in [0.25, 0.3) is 13.0 Å². The number of piperidine rings is 1. The van der Waals surface area contributed by atoms with Crippen molar-refractivity contribution in [3.8, 4) is 6.07 Å². The highest BCUT2D eigenvalue weighted by atomic mass is 19.1. The van der Waals surface area contributed by atoms with Crippen molar-refractivity contribution in [3.05, 3.63) is 69.6 Å². The molecule has 2 heterocycles. The highest BCUT2D eigenvalue weighted by Crippen LogP contribution is 2.37. The standard InChI is InChI=1S/C26H29FN4O3/c1-18-3-6-20(15-23(18)30-25(33)29-22-9-14-34-17-22)24(32)31-12-10-26(27,11-13-31)21-7-4-19(5-8-21)16-28-2/h3-8,15,22H,9-14,17H2,1-2H3,(H-,29,30,33)/p+1/t22-/m1/s1. The average molecular weight is 466 g/mol. The minimum absolute atomic E-state index is 0.00597. The van der Waals surface area contributed by atoms with E-state index in [2.05, 4.69) is 21.5 Å². The Bertz CT molecular complexity index is 1110. The summed E-state index contributed by atoms with van der Waals surface area (Å²) in [6.07, 6.45) is 1.24. The molecule has 7 nitrogen and oxygen atoms in total. The summed E-state index contributed by atoms with van der Waals surface area (Å²) in [4.78, 5) is 31.0. The van der Waals surface area contributed by atoms with Crippen LogP contribution in [0.3, 0.4) is 0 Å². The van der Waals surface area contributed by atoms with Crippen molar-refractivity contribution >= 4 is 17.6 Å². The maximum atomic E-state index is 15.6. The maximum absolute atomic E-state index is 15.6. The van der Waals surface area contributed by atoms with Crippen molar-refractivity contribution in [1.82, 2.24) is 10.2 Å². The summed E-state index contributed by atoms with van der Waals surface area (Å²) in [7, 11) is 1.64. The molecule has 3 amide bonds. The van der Waals surface area contributed by atoms with Gasteiger partial charge in [-0.1, -0.05) is 23.0 Å². The van der Waals surface area contributed by atoms with Crippen molar-refractivity contribution < 1.29 is 18.7 Å². The fourth-order valence-corrected chi connectivity index (χ4v) is 4.39. The van der Waals surface area contributed by atoms with Gasteiger partial charge in [0, 0.05) is 43.8 Å². The van der Waals surface area contributed by atoms with Crippen molar-refractivity contribution in [2.75, 3.05) is 38.7 Å². The smallest absolute Gasteiger partial charge is 0.319 e. The predicted molar refractivity (Wildman–Crippen MR) is 129 cm³/mol. The van der Waals surface area contributed by atoms with Gasteiger partial charge in [-0.3, -0.25) is 4.79 Å². The molecule has 2 aliphatic heterocycles. The first-order chi connectivity index (χ1) is 16.4. The average Bonchev–Trinajstić information content (AvgIpc) is 3.34. The highest BCUT2D eigenvalue weighted by molar-refractivity contribution is 5.97. The lowest BCUT2D eigenvalue weighted by Gasteiger charge is -2.36. The van der Waals surface area contributed by atoms with E-state index < -0.39 is 5.67 Å². The van der Waals surface area contributed by atoms with Gasteiger partial charge in [0.1, 0.15) is 11.2 Å². The lowest BCUT2D eigenvalue weighted by molar-refractivity contribution is 0.0421. The number of urea groups is 1. The predicted octanol–water partition coefficient (Wildman–Crippen LogP) is 4.32. The van der Waals surface area contributed by atoms with Gasteiger partial charge in [0.15, 0.2) is 0 Å². The van der Waals surface area contributed by atoms with Crippen LogP contribution in [0, 0.1) is 13.0 Å². The van der Waals surface area contributed by atoms with E-state index in [1.165, 1.54) is 0 Å². The Kier molecular flexibility index (Phi) is 7.13. The molecule has 0 unspecified atom stereocenters. The molecule has 0 bridgehead atoms. The quantitative estimate of drug-likeness (QED) is 0.706. The normalized spacial score (nSPS) is 19.1. The molecule has 0 radical (unpaired) electrons. The van der Waals surface area contributed by atoms with Crippen molar-refractivity contribution in [3.63, 3.8) is 0 Å². The van der Waals surface area contributed by atoms with Crippen LogP contribution in [0.2, 0.25) is 0 Å². The number of hydrogen-bond donors (Lipinski definition) is 2. The number of carbonyl (C=O) groups is 2. The monoisotopic (exact) mass is 465 g/mol. The van der Waals surface area contributed by atoms with E-state index in [9.17, 15) is 9.59 Å². The van der Waals surface area contributed by atoms with Crippen molar-refractivity contribution in [1.29, 1.82) is 0 Å². The van der Waals surface area contributed by atoms with E-state index in [4.69, 9.17) is 4.74 Å². The summed E-state index contributed by atoms with van der Waals surface area (Å²) >= 11 is 0. The Balaban J connectivity index is 1.39. The summed E-state index contributed by atoms with van der Waals surface area (Å²) in [6.45, 7) is 3.65.